The summed E-state index contributed by atoms with van der Waals surface area (Å²) in [6, 6.07) is 0.404. The minimum atomic E-state index is 0.404. The highest BCUT2D eigenvalue weighted by Gasteiger charge is 2.17. The first kappa shape index (κ1) is 13.4. The Morgan fingerprint density at radius 1 is 1.44 bits per heavy atom. The highest BCUT2D eigenvalue weighted by atomic mass is 32.1. The standard InChI is InChI=1S/C11H22N4S/c1-8(2)6-10(7-14(4)5)15-9(3)12-13-11(15)16/h8,10H,6-7H2,1-5H3,(H,13,16). The van der Waals surface area contributed by atoms with Gasteiger partial charge in [-0.05, 0) is 45.6 Å². The van der Waals surface area contributed by atoms with Crippen molar-refractivity contribution in [2.24, 2.45) is 5.92 Å². The van der Waals surface area contributed by atoms with E-state index in [0.717, 1.165) is 23.6 Å². The van der Waals surface area contributed by atoms with Gasteiger partial charge in [0.25, 0.3) is 0 Å². The molecule has 1 rings (SSSR count). The molecule has 0 spiro atoms. The number of hydrogen-bond donors (Lipinski definition) is 1. The van der Waals surface area contributed by atoms with Crippen molar-refractivity contribution in [3.8, 4) is 0 Å². The normalized spacial score (nSPS) is 13.7. The van der Waals surface area contributed by atoms with Crippen molar-refractivity contribution in [1.29, 1.82) is 0 Å². The van der Waals surface area contributed by atoms with Crippen molar-refractivity contribution < 1.29 is 0 Å². The first-order chi connectivity index (χ1) is 7.41. The average molecular weight is 242 g/mol. The molecular weight excluding hydrogens is 220 g/mol. The van der Waals surface area contributed by atoms with Crippen LogP contribution in [-0.2, 0) is 0 Å². The quantitative estimate of drug-likeness (QED) is 0.806. The Morgan fingerprint density at radius 2 is 2.06 bits per heavy atom. The van der Waals surface area contributed by atoms with Gasteiger partial charge in [0.05, 0.1) is 6.04 Å². The van der Waals surface area contributed by atoms with E-state index in [2.05, 4.69) is 47.6 Å². The van der Waals surface area contributed by atoms with Gasteiger partial charge in [-0.15, -0.1) is 0 Å². The Morgan fingerprint density at radius 3 is 2.44 bits per heavy atom. The van der Waals surface area contributed by atoms with Crippen molar-refractivity contribution in [2.45, 2.75) is 33.2 Å². The predicted molar refractivity (Wildman–Crippen MR) is 69.2 cm³/mol. The molecule has 0 aliphatic carbocycles. The summed E-state index contributed by atoms with van der Waals surface area (Å²) >= 11 is 5.28. The number of nitrogens with zero attached hydrogens (tertiary/aromatic N) is 3. The highest BCUT2D eigenvalue weighted by molar-refractivity contribution is 7.71. The number of H-pyrrole nitrogens is 1. The Balaban J connectivity index is 2.96. The lowest BCUT2D eigenvalue weighted by Gasteiger charge is -2.24. The molecule has 0 aromatic carbocycles. The van der Waals surface area contributed by atoms with E-state index in [9.17, 15) is 0 Å². The zero-order valence-corrected chi connectivity index (χ0v) is 11.6. The summed E-state index contributed by atoms with van der Waals surface area (Å²) in [6.07, 6.45) is 1.12. The van der Waals surface area contributed by atoms with E-state index in [-0.39, 0.29) is 0 Å². The molecule has 0 radical (unpaired) electrons. The molecule has 1 unspecified atom stereocenters. The van der Waals surface area contributed by atoms with E-state index < -0.39 is 0 Å². The maximum absolute atomic E-state index is 5.28. The minimum absolute atomic E-state index is 0.404. The van der Waals surface area contributed by atoms with E-state index in [0.29, 0.717) is 12.0 Å². The Kier molecular flexibility index (Phi) is 4.68. The third-order valence-electron chi connectivity index (χ3n) is 2.57. The number of aromatic nitrogens is 3. The van der Waals surface area contributed by atoms with Crippen LogP contribution in [0.1, 0.15) is 32.1 Å². The van der Waals surface area contributed by atoms with Crippen LogP contribution in [0.25, 0.3) is 0 Å². The molecule has 0 aliphatic rings. The fourth-order valence-corrected chi connectivity index (χ4v) is 2.37. The number of likely N-dealkylation sites (N-methyl/N-ethyl adjacent to an activating group) is 1. The van der Waals surface area contributed by atoms with E-state index in [4.69, 9.17) is 12.2 Å². The molecule has 0 aliphatic heterocycles. The van der Waals surface area contributed by atoms with Crippen LogP contribution >= 0.6 is 12.2 Å². The lowest BCUT2D eigenvalue weighted by molar-refractivity contribution is 0.284. The zero-order valence-electron chi connectivity index (χ0n) is 10.8. The van der Waals surface area contributed by atoms with Crippen LogP contribution in [0.4, 0.5) is 0 Å². The molecule has 0 fully saturated rings. The second kappa shape index (κ2) is 5.59. The van der Waals surface area contributed by atoms with Crippen LogP contribution in [0.5, 0.6) is 0 Å². The summed E-state index contributed by atoms with van der Waals surface area (Å²) in [5.74, 6) is 1.62. The third-order valence-corrected chi connectivity index (χ3v) is 2.85. The van der Waals surface area contributed by atoms with Crippen LogP contribution in [0.3, 0.4) is 0 Å². The van der Waals surface area contributed by atoms with E-state index >= 15 is 0 Å². The summed E-state index contributed by atoms with van der Waals surface area (Å²) in [6.45, 7) is 7.46. The topological polar surface area (TPSA) is 36.9 Å². The molecule has 1 atom stereocenters. The predicted octanol–water partition coefficient (Wildman–Crippen LogP) is 2.40. The molecule has 92 valence electrons. The van der Waals surface area contributed by atoms with Crippen LogP contribution in [0, 0.1) is 17.6 Å². The van der Waals surface area contributed by atoms with Crippen LogP contribution in [-0.4, -0.2) is 40.3 Å². The maximum atomic E-state index is 5.28. The molecule has 1 N–H and O–H groups in total. The van der Waals surface area contributed by atoms with Gasteiger partial charge in [0.15, 0.2) is 4.77 Å². The number of hydrogen-bond acceptors (Lipinski definition) is 3. The molecule has 1 heterocycles. The van der Waals surface area contributed by atoms with Gasteiger partial charge in [0.2, 0.25) is 0 Å². The molecule has 0 saturated carbocycles. The van der Waals surface area contributed by atoms with Gasteiger partial charge in [-0.2, -0.15) is 5.10 Å². The molecule has 4 nitrogen and oxygen atoms in total. The Bertz CT molecular complexity index is 368. The molecule has 0 bridgehead atoms. The summed E-state index contributed by atoms with van der Waals surface area (Å²) < 4.78 is 2.86. The second-order valence-electron chi connectivity index (χ2n) is 4.99. The largest absolute Gasteiger partial charge is 0.307 e. The van der Waals surface area contributed by atoms with Crippen molar-refractivity contribution in [3.63, 3.8) is 0 Å². The number of aryl methyl sites for hydroxylation is 1. The lowest BCUT2D eigenvalue weighted by atomic mass is 10.0. The molecular formula is C11H22N4S. The smallest absolute Gasteiger partial charge is 0.195 e. The monoisotopic (exact) mass is 242 g/mol. The van der Waals surface area contributed by atoms with Crippen LogP contribution in [0.2, 0.25) is 0 Å². The first-order valence-electron chi connectivity index (χ1n) is 5.70. The zero-order chi connectivity index (χ0) is 12.3. The van der Waals surface area contributed by atoms with Crippen LogP contribution < -0.4 is 0 Å². The molecule has 1 aromatic rings. The summed E-state index contributed by atoms with van der Waals surface area (Å²) in [7, 11) is 4.18. The third kappa shape index (κ3) is 3.42. The number of aromatic amines is 1. The molecule has 1 aromatic heterocycles. The van der Waals surface area contributed by atoms with E-state index in [1.807, 2.05) is 6.92 Å². The van der Waals surface area contributed by atoms with Crippen molar-refractivity contribution in [2.75, 3.05) is 20.6 Å². The van der Waals surface area contributed by atoms with Gasteiger partial charge < -0.3 is 4.90 Å². The number of rotatable bonds is 5. The fourth-order valence-electron chi connectivity index (χ4n) is 2.04. The Labute approximate surface area is 103 Å². The van der Waals surface area contributed by atoms with Crippen molar-refractivity contribution >= 4 is 12.2 Å². The molecule has 0 saturated heterocycles. The summed E-state index contributed by atoms with van der Waals surface area (Å²) in [5.41, 5.74) is 0. The molecule has 0 amide bonds. The highest BCUT2D eigenvalue weighted by Crippen LogP contribution is 2.19. The minimum Gasteiger partial charge on any atom is -0.307 e. The lowest BCUT2D eigenvalue weighted by Crippen LogP contribution is -2.26. The summed E-state index contributed by atoms with van der Waals surface area (Å²) in [5, 5.41) is 7.04. The van der Waals surface area contributed by atoms with Gasteiger partial charge >= 0.3 is 0 Å². The van der Waals surface area contributed by atoms with Gasteiger partial charge in [0, 0.05) is 6.54 Å². The van der Waals surface area contributed by atoms with Crippen molar-refractivity contribution in [1.82, 2.24) is 19.7 Å². The summed E-state index contributed by atoms with van der Waals surface area (Å²) in [4.78, 5) is 2.20. The second-order valence-corrected chi connectivity index (χ2v) is 5.38. The Hall–Kier alpha value is -0.680. The average Bonchev–Trinajstić information content (AvgIpc) is 2.43. The van der Waals surface area contributed by atoms with Gasteiger partial charge in [-0.3, -0.25) is 9.67 Å². The van der Waals surface area contributed by atoms with Gasteiger partial charge in [-0.25, -0.2) is 0 Å². The fraction of sp³-hybridized carbons (Fsp3) is 0.818. The number of nitrogens with one attached hydrogen (secondary N) is 1. The molecule has 5 heteroatoms. The maximum Gasteiger partial charge on any atom is 0.195 e. The molecule has 16 heavy (non-hydrogen) atoms. The van der Waals surface area contributed by atoms with E-state index in [1.165, 1.54) is 0 Å². The van der Waals surface area contributed by atoms with E-state index in [1.54, 1.807) is 0 Å². The van der Waals surface area contributed by atoms with Crippen molar-refractivity contribution in [3.05, 3.63) is 10.6 Å². The van der Waals surface area contributed by atoms with Gasteiger partial charge in [0.1, 0.15) is 5.82 Å². The SMILES string of the molecule is Cc1n[nH]c(=S)n1C(CC(C)C)CN(C)C. The van der Waals surface area contributed by atoms with Crippen LogP contribution in [0.15, 0.2) is 0 Å². The van der Waals surface area contributed by atoms with Gasteiger partial charge in [-0.1, -0.05) is 13.8 Å². The first-order valence-corrected chi connectivity index (χ1v) is 6.11.